The lowest BCUT2D eigenvalue weighted by Gasteiger charge is -2.38. The van der Waals surface area contributed by atoms with E-state index in [0.717, 1.165) is 24.1 Å². The fraction of sp³-hybridized carbons (Fsp3) is 1.00. The predicted octanol–water partition coefficient (Wildman–Crippen LogP) is 0.535. The van der Waals surface area contributed by atoms with E-state index >= 15 is 0 Å². The molecule has 1 saturated heterocycles. The molecule has 0 spiro atoms. The van der Waals surface area contributed by atoms with Gasteiger partial charge in [0.15, 0.2) is 0 Å². The molecule has 0 aromatic carbocycles. The maximum atomic E-state index is 8.83. The zero-order chi connectivity index (χ0) is 11.1. The van der Waals surface area contributed by atoms with Gasteiger partial charge < -0.3 is 5.11 Å². The third-order valence-corrected chi connectivity index (χ3v) is 2.19. The van der Waals surface area contributed by atoms with Crippen LogP contribution in [0.15, 0.2) is 0 Å². The number of β-amino-alcohol motifs (C(OH)–C–C–N with tert-alkyl or cyclic N) is 1. The molecule has 0 aromatic heterocycles. The lowest BCUT2D eigenvalue weighted by atomic mass is 10.1. The molecular weight excluding hydrogens is 192 g/mol. The normalized spacial score (nSPS) is 20.4. The number of nitrogens with zero attached hydrogens (tertiary/aromatic N) is 1. The van der Waals surface area contributed by atoms with Crippen molar-refractivity contribution in [1.82, 2.24) is 4.90 Å². The van der Waals surface area contributed by atoms with Gasteiger partial charge in [0.25, 0.3) is 0 Å². The van der Waals surface area contributed by atoms with Gasteiger partial charge in [-0.15, -0.1) is 0 Å². The van der Waals surface area contributed by atoms with Crippen LogP contribution in [0, 0.1) is 0 Å². The molecule has 0 radical (unpaired) electrons. The Bertz CT molecular complexity index is 150. The Morgan fingerprint density at radius 1 is 2.00 bits per heavy atom. The average Bonchev–Trinajstić information content (AvgIpc) is 1.99. The Kier molecular flexibility index (Phi) is 5.41. The minimum absolute atomic E-state index is 0.0441. The standard InChI is InChI=1S/C6H13NO.CH4BClS/c1-5(2)7-3-6(8)4-7;2-1-4-3/h5-6,8H,3-4H2,1-2H3;1-2H2/i;2TD. The fourth-order valence-corrected chi connectivity index (χ4v) is 0.910. The summed E-state index contributed by atoms with van der Waals surface area (Å²) in [7, 11) is 5.31. The average molecular weight is 213 g/mol. The van der Waals surface area contributed by atoms with Crippen molar-refractivity contribution < 1.29 is 5.11 Å². The minimum Gasteiger partial charge on any atom is -0.390 e. The molecular formula is C7H17BClNOS. The molecule has 1 aliphatic heterocycles. The Hall–Kier alpha value is 0.625. The van der Waals surface area contributed by atoms with Crippen molar-refractivity contribution in [2.75, 3.05) is 18.7 Å². The highest BCUT2D eigenvalue weighted by Crippen LogP contribution is 2.10. The molecule has 0 bridgehead atoms. The molecule has 2 nitrogen and oxygen atoms in total. The summed E-state index contributed by atoms with van der Waals surface area (Å²) in [6.45, 7) is 6.03. The number of aliphatic hydroxyl groups is 1. The summed E-state index contributed by atoms with van der Waals surface area (Å²) in [4.78, 5) is 2.24. The van der Waals surface area contributed by atoms with E-state index in [1.165, 1.54) is 0 Å². The SMILES string of the molecule is CC(C)N1CC(O)C1.[2H]B([3H])CSCl. The number of hydrogen-bond acceptors (Lipinski definition) is 3. The fourth-order valence-electron chi connectivity index (χ4n) is 0.910. The summed E-state index contributed by atoms with van der Waals surface area (Å²) in [5.41, 5.74) is 0.390. The van der Waals surface area contributed by atoms with Crippen molar-refractivity contribution in [2.45, 2.75) is 26.0 Å². The van der Waals surface area contributed by atoms with Gasteiger partial charge in [-0.2, -0.15) is 0 Å². The van der Waals surface area contributed by atoms with E-state index in [9.17, 15) is 0 Å². The molecule has 0 saturated carbocycles. The molecule has 1 heterocycles. The van der Waals surface area contributed by atoms with Gasteiger partial charge in [-0.25, -0.2) is 0 Å². The number of hydrogen-bond donors (Lipinski definition) is 1. The maximum absolute atomic E-state index is 8.83. The highest BCUT2D eigenvalue weighted by Gasteiger charge is 2.25. The molecule has 1 aliphatic rings. The Morgan fingerprint density at radius 3 is 2.67 bits per heavy atom. The lowest BCUT2D eigenvalue weighted by molar-refractivity contribution is -0.0161. The van der Waals surface area contributed by atoms with Gasteiger partial charge in [0, 0.05) is 19.1 Å². The highest BCUT2D eigenvalue weighted by atomic mass is 35.7. The monoisotopic (exact) mass is 212 g/mol. The van der Waals surface area contributed by atoms with Crippen LogP contribution >= 0.6 is 21.7 Å². The van der Waals surface area contributed by atoms with Gasteiger partial charge in [0.2, 0.25) is 0 Å². The second-order valence-electron chi connectivity index (χ2n) is 2.98. The summed E-state index contributed by atoms with van der Waals surface area (Å²) in [5.74, 6) is 0. The summed E-state index contributed by atoms with van der Waals surface area (Å²) < 4.78 is 13.1. The molecule has 12 heavy (non-hydrogen) atoms. The number of aliphatic hydroxyl groups excluding tert-OH is 1. The van der Waals surface area contributed by atoms with Crippen LogP contribution in [-0.4, -0.2) is 51.3 Å². The highest BCUT2D eigenvalue weighted by molar-refractivity contribution is 8.21. The Balaban J connectivity index is 0.000000255. The van der Waals surface area contributed by atoms with Crippen molar-refractivity contribution in [3.05, 3.63) is 0 Å². The summed E-state index contributed by atoms with van der Waals surface area (Å²) in [5, 5.41) is 8.83. The molecule has 1 fully saturated rings. The van der Waals surface area contributed by atoms with Crippen LogP contribution in [0.1, 0.15) is 13.8 Å². The van der Waals surface area contributed by atoms with E-state index in [4.69, 9.17) is 18.5 Å². The van der Waals surface area contributed by atoms with Gasteiger partial charge in [-0.1, -0.05) is 11.0 Å². The molecule has 1 N–H and O–H groups in total. The molecule has 72 valence electrons. The number of halogens is 1. The Morgan fingerprint density at radius 2 is 2.58 bits per heavy atom. The van der Waals surface area contributed by atoms with Crippen molar-refractivity contribution in [3.63, 3.8) is 0 Å². The molecule has 1 rings (SSSR count). The van der Waals surface area contributed by atoms with Gasteiger partial charge in [-0.3, -0.25) is 4.90 Å². The van der Waals surface area contributed by atoms with Crippen molar-refractivity contribution in [1.29, 1.82) is 2.67 Å². The van der Waals surface area contributed by atoms with Gasteiger partial charge >= 0.3 is 0 Å². The molecule has 5 heteroatoms. The van der Waals surface area contributed by atoms with Crippen LogP contribution in [0.5, 0.6) is 0 Å². The smallest absolute Gasteiger partial charge is 0.115 e. The molecule has 0 aromatic rings. The van der Waals surface area contributed by atoms with E-state index < -0.39 is 7.77 Å². The molecule has 0 aliphatic carbocycles. The van der Waals surface area contributed by atoms with E-state index in [1.807, 2.05) is 0 Å². The first-order valence-electron chi connectivity index (χ1n) is 5.13. The first-order chi connectivity index (χ1) is 6.47. The van der Waals surface area contributed by atoms with E-state index in [1.54, 1.807) is 0 Å². The number of rotatable bonds is 3. The third kappa shape index (κ3) is 5.30. The van der Waals surface area contributed by atoms with Gasteiger partial charge in [-0.05, 0) is 32.9 Å². The molecule has 0 amide bonds. The van der Waals surface area contributed by atoms with E-state index in [-0.39, 0.29) is 6.10 Å². The van der Waals surface area contributed by atoms with Crippen molar-refractivity contribution >= 4 is 29.4 Å². The second-order valence-corrected chi connectivity index (χ2v) is 4.18. The van der Waals surface area contributed by atoms with Crippen LogP contribution in [0.2, 0.25) is 0 Å². The van der Waals surface area contributed by atoms with Gasteiger partial charge in [0.1, 0.15) is 7.77 Å². The largest absolute Gasteiger partial charge is 0.390 e. The summed E-state index contributed by atoms with van der Waals surface area (Å²) in [6, 6.07) is 0.610. The summed E-state index contributed by atoms with van der Waals surface area (Å²) >= 11 is 0. The van der Waals surface area contributed by atoms with Gasteiger partial charge in [0.05, 0.1) is 6.10 Å². The zero-order valence-corrected chi connectivity index (χ0v) is 9.11. The maximum Gasteiger partial charge on any atom is 0.115 e. The quantitative estimate of drug-likeness (QED) is 0.691. The van der Waals surface area contributed by atoms with Crippen LogP contribution in [-0.2, 0) is 0 Å². The summed E-state index contributed by atoms with van der Waals surface area (Å²) in [6.07, 6.45) is -0.0441. The van der Waals surface area contributed by atoms with Crippen molar-refractivity contribution in [3.8, 4) is 0 Å². The van der Waals surface area contributed by atoms with Crippen LogP contribution in [0.25, 0.3) is 0 Å². The first-order valence-corrected chi connectivity index (χ1v) is 5.78. The first kappa shape index (κ1) is 9.19. The lowest BCUT2D eigenvalue weighted by Crippen LogP contribution is -2.53. The molecule has 0 unspecified atom stereocenters. The van der Waals surface area contributed by atoms with Crippen LogP contribution in [0.3, 0.4) is 0 Å². The topological polar surface area (TPSA) is 23.5 Å². The van der Waals surface area contributed by atoms with E-state index in [0.29, 0.717) is 11.7 Å². The Labute approximate surface area is 87.3 Å². The minimum atomic E-state index is -0.771. The molecule has 0 atom stereocenters. The predicted molar refractivity (Wildman–Crippen MR) is 59.6 cm³/mol. The van der Waals surface area contributed by atoms with Crippen molar-refractivity contribution in [2.24, 2.45) is 0 Å². The third-order valence-electron chi connectivity index (χ3n) is 1.68. The van der Waals surface area contributed by atoms with Crippen LogP contribution in [0.4, 0.5) is 0 Å². The number of likely N-dealkylation sites (tertiary alicyclic amines) is 1. The van der Waals surface area contributed by atoms with E-state index in [2.05, 4.69) is 18.7 Å². The zero-order valence-electron chi connectivity index (χ0n) is 9.53. The van der Waals surface area contributed by atoms with Crippen LogP contribution < -0.4 is 0 Å². The second kappa shape index (κ2) is 7.07.